The first-order chi connectivity index (χ1) is 19.4. The number of nitrogens with zero attached hydrogens (tertiary/aromatic N) is 4. The van der Waals surface area contributed by atoms with E-state index in [2.05, 4.69) is 75.5 Å². The normalized spacial score (nSPS) is 15.0. The van der Waals surface area contributed by atoms with E-state index in [4.69, 9.17) is 20.3 Å². The lowest BCUT2D eigenvalue weighted by Crippen LogP contribution is -2.43. The van der Waals surface area contributed by atoms with Gasteiger partial charge in [0.15, 0.2) is 0 Å². The summed E-state index contributed by atoms with van der Waals surface area (Å²) >= 11 is 0. The van der Waals surface area contributed by atoms with Crippen LogP contribution in [0.15, 0.2) is 60.0 Å². The quantitative estimate of drug-likeness (QED) is 0.128. The molecule has 1 saturated carbocycles. The average Bonchev–Trinajstić information content (AvgIpc) is 3.59. The van der Waals surface area contributed by atoms with E-state index < -0.39 is 8.32 Å². The summed E-state index contributed by atoms with van der Waals surface area (Å²) in [5.74, 6) is 1.36. The van der Waals surface area contributed by atoms with E-state index in [1.807, 2.05) is 42.0 Å². The number of benzene rings is 1. The first-order valence-electron chi connectivity index (χ1n) is 14.8. The highest BCUT2D eigenvalue weighted by Crippen LogP contribution is 2.38. The number of fused-ring (bicyclic) bond motifs is 1. The number of amidine groups is 1. The Hall–Kier alpha value is -3.65. The average molecular weight is 569 g/mol. The van der Waals surface area contributed by atoms with Crippen molar-refractivity contribution in [1.82, 2.24) is 14.6 Å². The summed E-state index contributed by atoms with van der Waals surface area (Å²) in [5.41, 5.74) is 14.7. The van der Waals surface area contributed by atoms with Gasteiger partial charge in [0.25, 0.3) is 0 Å². The number of anilines is 1. The van der Waals surface area contributed by atoms with Gasteiger partial charge in [-0.25, -0.2) is 9.51 Å². The molecule has 0 bridgehead atoms. The van der Waals surface area contributed by atoms with Crippen LogP contribution in [0.3, 0.4) is 0 Å². The molecule has 0 amide bonds. The maximum atomic E-state index is 6.77. The minimum atomic E-state index is -1.94. The monoisotopic (exact) mass is 568 g/mol. The predicted octanol–water partition coefficient (Wildman–Crippen LogP) is 8.04. The number of aryl methyl sites for hydroxylation is 2. The van der Waals surface area contributed by atoms with E-state index in [9.17, 15) is 0 Å². The van der Waals surface area contributed by atoms with Crippen LogP contribution < -0.4 is 15.5 Å². The van der Waals surface area contributed by atoms with Crippen LogP contribution in [0.25, 0.3) is 16.6 Å². The van der Waals surface area contributed by atoms with E-state index in [-0.39, 0.29) is 5.04 Å². The van der Waals surface area contributed by atoms with Gasteiger partial charge in [-0.15, -0.1) is 0 Å². The second-order valence-corrected chi connectivity index (χ2v) is 17.5. The molecule has 3 N–H and O–H groups in total. The predicted molar refractivity (Wildman–Crippen MR) is 173 cm³/mol. The van der Waals surface area contributed by atoms with Crippen molar-refractivity contribution in [3.05, 3.63) is 71.8 Å². The third-order valence-corrected chi connectivity index (χ3v) is 13.1. The fraction of sp³-hybridized carbons (Fsp3) is 0.424. The molecule has 0 spiro atoms. The summed E-state index contributed by atoms with van der Waals surface area (Å²) in [5, 5.41) is 8.69. The van der Waals surface area contributed by atoms with Crippen molar-refractivity contribution in [3.63, 3.8) is 0 Å². The van der Waals surface area contributed by atoms with E-state index in [1.165, 1.54) is 12.8 Å². The van der Waals surface area contributed by atoms with Crippen molar-refractivity contribution >= 4 is 31.0 Å². The lowest BCUT2D eigenvalue weighted by atomic mass is 10.1. The van der Waals surface area contributed by atoms with Crippen molar-refractivity contribution < 1.29 is 4.43 Å². The summed E-state index contributed by atoms with van der Waals surface area (Å²) in [6, 6.07) is 12.9. The molecule has 0 atom stereocenters. The number of rotatable bonds is 8. The molecule has 3 heterocycles. The molecule has 1 aromatic carbocycles. The topological polar surface area (TPSA) is 89.8 Å². The Labute approximate surface area is 245 Å². The van der Waals surface area contributed by atoms with E-state index >= 15 is 0 Å². The molecule has 1 aliphatic rings. The Morgan fingerprint density at radius 3 is 2.51 bits per heavy atom. The maximum Gasteiger partial charge on any atom is 0.250 e. The van der Waals surface area contributed by atoms with E-state index in [0.717, 1.165) is 69.9 Å². The van der Waals surface area contributed by atoms with Gasteiger partial charge in [-0.05, 0) is 80.2 Å². The minimum absolute atomic E-state index is 0.129. The van der Waals surface area contributed by atoms with E-state index in [0.29, 0.717) is 11.9 Å². The molecule has 5 rings (SSSR count). The zero-order valence-electron chi connectivity index (χ0n) is 25.6. The zero-order chi connectivity index (χ0) is 29.4. The van der Waals surface area contributed by atoms with Crippen LogP contribution in [0.1, 0.15) is 70.2 Å². The standard InChI is InChI=1S/C33H44N6OSi/c1-8-23-17-27(40-41(6,7)33(3,4)5)15-16-29(23)38-32(34)28-20-36-39-21-25(24-14-13-22(2)35-19-24)18-30(39)31(28)37-26-11-9-10-12-26/h13-21,26,37H,8-12H2,1-7H3,(H2,34,38). The Kier molecular flexibility index (Phi) is 7.97. The molecule has 0 unspecified atom stereocenters. The highest BCUT2D eigenvalue weighted by atomic mass is 28.4. The first-order valence-corrected chi connectivity index (χ1v) is 17.7. The van der Waals surface area contributed by atoms with Gasteiger partial charge in [0.2, 0.25) is 8.32 Å². The van der Waals surface area contributed by atoms with Gasteiger partial charge in [-0.3, -0.25) is 4.98 Å². The molecule has 8 heteroatoms. The molecular weight excluding hydrogens is 524 g/mol. The number of aliphatic imine (C=N–C) groups is 1. The molecule has 1 aliphatic carbocycles. The van der Waals surface area contributed by atoms with Crippen LogP contribution in [0.2, 0.25) is 18.1 Å². The van der Waals surface area contributed by atoms with Gasteiger partial charge in [-0.1, -0.05) is 46.6 Å². The molecule has 3 aromatic heterocycles. The smallest absolute Gasteiger partial charge is 0.250 e. The van der Waals surface area contributed by atoms with Gasteiger partial charge in [0.05, 0.1) is 28.7 Å². The lowest BCUT2D eigenvalue weighted by Gasteiger charge is -2.36. The fourth-order valence-corrected chi connectivity index (χ4v) is 6.15. The highest BCUT2D eigenvalue weighted by molar-refractivity contribution is 6.74. The highest BCUT2D eigenvalue weighted by Gasteiger charge is 2.39. The Bertz CT molecular complexity index is 1560. The van der Waals surface area contributed by atoms with Crippen molar-refractivity contribution in [1.29, 1.82) is 0 Å². The summed E-state index contributed by atoms with van der Waals surface area (Å²) in [6.45, 7) is 15.5. The summed E-state index contributed by atoms with van der Waals surface area (Å²) in [6.07, 6.45) is 11.4. The number of pyridine rings is 1. The third kappa shape index (κ3) is 6.17. The minimum Gasteiger partial charge on any atom is -0.543 e. The second-order valence-electron chi connectivity index (χ2n) is 12.8. The van der Waals surface area contributed by atoms with Crippen LogP contribution in [0, 0.1) is 6.92 Å². The van der Waals surface area contributed by atoms with Crippen molar-refractivity contribution in [3.8, 4) is 16.9 Å². The zero-order valence-corrected chi connectivity index (χ0v) is 26.6. The molecule has 0 saturated heterocycles. The van der Waals surface area contributed by atoms with Gasteiger partial charge >= 0.3 is 0 Å². The Balaban J connectivity index is 1.54. The van der Waals surface area contributed by atoms with Crippen molar-refractivity contribution in [2.24, 2.45) is 10.7 Å². The molecular formula is C33H44N6OSi. The number of nitrogens with two attached hydrogens (primary N) is 1. The van der Waals surface area contributed by atoms with Crippen LogP contribution in [0.5, 0.6) is 5.75 Å². The van der Waals surface area contributed by atoms with Crippen molar-refractivity contribution in [2.45, 2.75) is 90.9 Å². The number of nitrogens with one attached hydrogen (secondary N) is 1. The summed E-state index contributed by atoms with van der Waals surface area (Å²) in [7, 11) is -1.94. The molecule has 216 valence electrons. The molecule has 1 fully saturated rings. The van der Waals surface area contributed by atoms with E-state index in [1.54, 1.807) is 0 Å². The Morgan fingerprint density at radius 2 is 1.85 bits per heavy atom. The Morgan fingerprint density at radius 1 is 1.10 bits per heavy atom. The van der Waals surface area contributed by atoms with Crippen LogP contribution >= 0.6 is 0 Å². The van der Waals surface area contributed by atoms with Crippen LogP contribution in [-0.2, 0) is 6.42 Å². The molecule has 41 heavy (non-hydrogen) atoms. The largest absolute Gasteiger partial charge is 0.543 e. The fourth-order valence-electron chi connectivity index (χ4n) is 5.13. The molecule has 0 radical (unpaired) electrons. The van der Waals surface area contributed by atoms with Gasteiger partial charge in [-0.2, -0.15) is 5.10 Å². The van der Waals surface area contributed by atoms with Crippen LogP contribution in [0.4, 0.5) is 11.4 Å². The third-order valence-electron chi connectivity index (χ3n) is 8.71. The van der Waals surface area contributed by atoms with Gasteiger partial charge in [0.1, 0.15) is 11.6 Å². The molecule has 0 aliphatic heterocycles. The van der Waals surface area contributed by atoms with Crippen molar-refractivity contribution in [2.75, 3.05) is 5.32 Å². The van der Waals surface area contributed by atoms with Crippen LogP contribution in [-0.4, -0.2) is 34.8 Å². The molecule has 4 aromatic rings. The number of aromatic nitrogens is 3. The SMILES string of the molecule is CCc1cc(O[Si](C)(C)C(C)(C)C)ccc1/N=C(\N)c1cnn2cc(-c3ccc(C)nc3)cc2c1NC1CCCC1. The number of hydrogen-bond acceptors (Lipinski definition) is 5. The van der Waals surface area contributed by atoms with Gasteiger partial charge in [0, 0.05) is 35.3 Å². The second kappa shape index (κ2) is 11.3. The van der Waals surface area contributed by atoms with Gasteiger partial charge < -0.3 is 15.5 Å². The summed E-state index contributed by atoms with van der Waals surface area (Å²) in [4.78, 5) is 9.44. The first kappa shape index (κ1) is 28.9. The maximum absolute atomic E-state index is 6.77. The number of hydrogen-bond donors (Lipinski definition) is 2. The lowest BCUT2D eigenvalue weighted by molar-refractivity contribution is 0.492. The summed E-state index contributed by atoms with van der Waals surface area (Å²) < 4.78 is 8.50. The molecule has 7 nitrogen and oxygen atoms in total.